The maximum Gasteiger partial charge on any atom is 0.263 e. The highest BCUT2D eigenvalue weighted by Crippen LogP contribution is 2.27. The van der Waals surface area contributed by atoms with Gasteiger partial charge in [-0.15, -0.1) is 0 Å². The van der Waals surface area contributed by atoms with Gasteiger partial charge in [0.2, 0.25) is 0 Å². The molecule has 2 rings (SSSR count). The fourth-order valence-electron chi connectivity index (χ4n) is 1.48. The van der Waals surface area contributed by atoms with Gasteiger partial charge in [0.1, 0.15) is 4.90 Å². The first kappa shape index (κ1) is 14.4. The van der Waals surface area contributed by atoms with Crippen LogP contribution < -0.4 is 10.5 Å². The zero-order valence-corrected chi connectivity index (χ0v) is 13.6. The number of hydrogen-bond donors (Lipinski definition) is 2. The number of sulfonamides is 1. The quantitative estimate of drug-likeness (QED) is 0.766. The fraction of sp³-hybridized carbons (Fsp3) is 0. The summed E-state index contributed by atoms with van der Waals surface area (Å²) in [6, 6.07) is 11.5. The van der Waals surface area contributed by atoms with Gasteiger partial charge in [0.15, 0.2) is 0 Å². The van der Waals surface area contributed by atoms with Crippen molar-refractivity contribution >= 4 is 53.3 Å². The standard InChI is InChI=1S/C12H10Br2N2O2S/c13-9-6-5-8(7-11(9)15)16-19(17,18)12-4-2-1-3-10(12)14/h1-7,16H,15H2. The van der Waals surface area contributed by atoms with Crippen LogP contribution in [0.4, 0.5) is 11.4 Å². The van der Waals surface area contributed by atoms with E-state index in [2.05, 4.69) is 36.6 Å². The second-order valence-electron chi connectivity index (χ2n) is 3.77. The van der Waals surface area contributed by atoms with Gasteiger partial charge in [0.05, 0.1) is 5.69 Å². The first-order chi connectivity index (χ1) is 8.90. The Labute approximate surface area is 128 Å². The van der Waals surface area contributed by atoms with Crippen molar-refractivity contribution in [1.82, 2.24) is 0 Å². The third-order valence-corrected chi connectivity index (χ3v) is 5.49. The fourth-order valence-corrected chi connectivity index (χ4v) is 3.78. The van der Waals surface area contributed by atoms with E-state index in [1.165, 1.54) is 6.07 Å². The molecule has 19 heavy (non-hydrogen) atoms. The van der Waals surface area contributed by atoms with Crippen LogP contribution in [0, 0.1) is 0 Å². The van der Waals surface area contributed by atoms with Gasteiger partial charge in [0, 0.05) is 14.6 Å². The summed E-state index contributed by atoms with van der Waals surface area (Å²) in [5.41, 5.74) is 6.60. The van der Waals surface area contributed by atoms with Crippen molar-refractivity contribution in [2.24, 2.45) is 0 Å². The highest BCUT2D eigenvalue weighted by Gasteiger charge is 2.17. The Bertz CT molecular complexity index is 717. The van der Waals surface area contributed by atoms with Gasteiger partial charge in [-0.1, -0.05) is 12.1 Å². The minimum atomic E-state index is -3.64. The predicted octanol–water partition coefficient (Wildman–Crippen LogP) is 3.59. The second kappa shape index (κ2) is 5.52. The average Bonchev–Trinajstić information content (AvgIpc) is 2.34. The molecule has 0 atom stereocenters. The summed E-state index contributed by atoms with van der Waals surface area (Å²) in [6.07, 6.45) is 0. The zero-order chi connectivity index (χ0) is 14.0. The Hall–Kier alpha value is -1.05. The van der Waals surface area contributed by atoms with Crippen LogP contribution in [0.25, 0.3) is 0 Å². The molecule has 3 N–H and O–H groups in total. The lowest BCUT2D eigenvalue weighted by molar-refractivity contribution is 0.601. The van der Waals surface area contributed by atoms with Crippen LogP contribution in [-0.4, -0.2) is 8.42 Å². The number of hydrogen-bond acceptors (Lipinski definition) is 3. The van der Waals surface area contributed by atoms with Gasteiger partial charge in [0.25, 0.3) is 10.0 Å². The summed E-state index contributed by atoms with van der Waals surface area (Å²) in [5.74, 6) is 0. The molecule has 0 bridgehead atoms. The first-order valence-corrected chi connectivity index (χ1v) is 8.29. The van der Waals surface area contributed by atoms with Crippen LogP contribution in [0.2, 0.25) is 0 Å². The minimum absolute atomic E-state index is 0.177. The van der Waals surface area contributed by atoms with E-state index in [-0.39, 0.29) is 4.90 Å². The summed E-state index contributed by atoms with van der Waals surface area (Å²) in [7, 11) is -3.64. The average molecular weight is 406 g/mol. The zero-order valence-electron chi connectivity index (χ0n) is 9.60. The van der Waals surface area contributed by atoms with E-state index in [1.807, 2.05) is 0 Å². The monoisotopic (exact) mass is 404 g/mol. The van der Waals surface area contributed by atoms with E-state index >= 15 is 0 Å². The van der Waals surface area contributed by atoms with Crippen molar-refractivity contribution in [3.8, 4) is 0 Å². The predicted molar refractivity (Wildman–Crippen MR) is 83.5 cm³/mol. The SMILES string of the molecule is Nc1cc(NS(=O)(=O)c2ccccc2Br)ccc1Br. The number of nitrogens with one attached hydrogen (secondary N) is 1. The normalized spacial score (nSPS) is 11.3. The molecule has 7 heteroatoms. The maximum absolute atomic E-state index is 12.2. The third-order valence-electron chi connectivity index (χ3n) is 2.37. The van der Waals surface area contributed by atoms with Crippen molar-refractivity contribution in [2.75, 3.05) is 10.5 Å². The van der Waals surface area contributed by atoms with Crippen molar-refractivity contribution in [3.05, 3.63) is 51.4 Å². The van der Waals surface area contributed by atoms with Crippen LogP contribution in [0.15, 0.2) is 56.3 Å². The van der Waals surface area contributed by atoms with Crippen molar-refractivity contribution in [1.29, 1.82) is 0 Å². The Morgan fingerprint density at radius 1 is 1.00 bits per heavy atom. The first-order valence-electron chi connectivity index (χ1n) is 5.22. The molecule has 0 aromatic heterocycles. The minimum Gasteiger partial charge on any atom is -0.398 e. The Morgan fingerprint density at radius 3 is 2.32 bits per heavy atom. The van der Waals surface area contributed by atoms with E-state index in [0.29, 0.717) is 15.8 Å². The molecule has 0 fully saturated rings. The highest BCUT2D eigenvalue weighted by molar-refractivity contribution is 9.10. The Balaban J connectivity index is 2.37. The summed E-state index contributed by atoms with van der Waals surface area (Å²) >= 11 is 6.48. The third kappa shape index (κ3) is 3.29. The number of nitrogens with two attached hydrogens (primary N) is 1. The Morgan fingerprint density at radius 2 is 1.68 bits per heavy atom. The lowest BCUT2D eigenvalue weighted by Crippen LogP contribution is -2.13. The molecule has 0 aliphatic carbocycles. The number of nitrogen functional groups attached to an aromatic ring is 1. The van der Waals surface area contributed by atoms with Crippen LogP contribution in [0.3, 0.4) is 0 Å². The topological polar surface area (TPSA) is 72.2 Å². The van der Waals surface area contributed by atoms with Crippen LogP contribution in [-0.2, 0) is 10.0 Å². The maximum atomic E-state index is 12.2. The highest BCUT2D eigenvalue weighted by atomic mass is 79.9. The summed E-state index contributed by atoms with van der Waals surface area (Å²) in [6.45, 7) is 0. The molecular formula is C12H10Br2N2O2S. The molecule has 0 aliphatic rings. The van der Waals surface area contributed by atoms with Gasteiger partial charge in [-0.05, 0) is 62.2 Å². The summed E-state index contributed by atoms with van der Waals surface area (Å²) in [5, 5.41) is 0. The molecule has 2 aromatic carbocycles. The molecule has 0 spiro atoms. The molecule has 2 aromatic rings. The molecule has 0 unspecified atom stereocenters. The van der Waals surface area contributed by atoms with Gasteiger partial charge in [-0.25, -0.2) is 8.42 Å². The van der Waals surface area contributed by atoms with E-state index in [4.69, 9.17) is 5.73 Å². The van der Waals surface area contributed by atoms with Crippen molar-refractivity contribution < 1.29 is 8.42 Å². The van der Waals surface area contributed by atoms with Crippen LogP contribution in [0.5, 0.6) is 0 Å². The lowest BCUT2D eigenvalue weighted by Gasteiger charge is -2.10. The van der Waals surface area contributed by atoms with Gasteiger partial charge in [-0.3, -0.25) is 4.72 Å². The molecule has 0 radical (unpaired) electrons. The van der Waals surface area contributed by atoms with E-state index < -0.39 is 10.0 Å². The molecule has 0 saturated carbocycles. The molecule has 0 heterocycles. The van der Waals surface area contributed by atoms with Gasteiger partial charge < -0.3 is 5.73 Å². The van der Waals surface area contributed by atoms with E-state index in [9.17, 15) is 8.42 Å². The number of benzene rings is 2. The molecule has 0 aliphatic heterocycles. The molecule has 0 amide bonds. The number of halogens is 2. The summed E-state index contributed by atoms with van der Waals surface area (Å²) < 4.78 is 28.2. The molecular weight excluding hydrogens is 396 g/mol. The van der Waals surface area contributed by atoms with Crippen molar-refractivity contribution in [2.45, 2.75) is 4.90 Å². The largest absolute Gasteiger partial charge is 0.398 e. The van der Waals surface area contributed by atoms with Gasteiger partial charge >= 0.3 is 0 Å². The van der Waals surface area contributed by atoms with Gasteiger partial charge in [-0.2, -0.15) is 0 Å². The summed E-state index contributed by atoms with van der Waals surface area (Å²) in [4.78, 5) is 0.177. The number of anilines is 2. The molecule has 0 saturated heterocycles. The van der Waals surface area contributed by atoms with Crippen LogP contribution in [0.1, 0.15) is 0 Å². The van der Waals surface area contributed by atoms with Crippen LogP contribution >= 0.6 is 31.9 Å². The van der Waals surface area contributed by atoms with E-state index in [0.717, 1.165) is 4.47 Å². The molecule has 4 nitrogen and oxygen atoms in total. The second-order valence-corrected chi connectivity index (χ2v) is 7.13. The smallest absolute Gasteiger partial charge is 0.263 e. The Kier molecular flexibility index (Phi) is 4.17. The van der Waals surface area contributed by atoms with E-state index in [1.54, 1.807) is 36.4 Å². The number of rotatable bonds is 3. The van der Waals surface area contributed by atoms with Crippen molar-refractivity contribution in [3.63, 3.8) is 0 Å². The molecule has 100 valence electrons. The lowest BCUT2D eigenvalue weighted by atomic mass is 10.3.